The van der Waals surface area contributed by atoms with Crippen LogP contribution in [0.4, 0.5) is 0 Å². The van der Waals surface area contributed by atoms with Gasteiger partial charge in [0.2, 0.25) is 0 Å². The normalized spacial score (nSPS) is 17.4. The van der Waals surface area contributed by atoms with Gasteiger partial charge in [-0.05, 0) is 64.0 Å². The zero-order chi connectivity index (χ0) is 12.1. The third kappa shape index (κ3) is 4.25. The van der Waals surface area contributed by atoms with Gasteiger partial charge in [-0.2, -0.15) is 0 Å². The highest BCUT2D eigenvalue weighted by atomic mass is 32.2. The Balaban J connectivity index is 1.88. The lowest BCUT2D eigenvalue weighted by Gasteiger charge is -2.22. The SMILES string of the molecule is CC(C)Oc1ccc(SC2CCNCC2)cc1. The van der Waals surface area contributed by atoms with Gasteiger partial charge in [-0.15, -0.1) is 11.8 Å². The van der Waals surface area contributed by atoms with Crippen molar-refractivity contribution in [3.63, 3.8) is 0 Å². The molecule has 0 bridgehead atoms. The lowest BCUT2D eigenvalue weighted by molar-refractivity contribution is 0.242. The largest absolute Gasteiger partial charge is 0.491 e. The predicted molar refractivity (Wildman–Crippen MR) is 74.0 cm³/mol. The molecule has 1 aliphatic heterocycles. The van der Waals surface area contributed by atoms with Crippen LogP contribution in [0.2, 0.25) is 0 Å². The summed E-state index contributed by atoms with van der Waals surface area (Å²) in [6.07, 6.45) is 2.79. The second kappa shape index (κ2) is 6.31. The van der Waals surface area contributed by atoms with Crippen molar-refractivity contribution in [2.45, 2.75) is 42.9 Å². The van der Waals surface area contributed by atoms with Gasteiger partial charge in [0.25, 0.3) is 0 Å². The van der Waals surface area contributed by atoms with Crippen LogP contribution in [0.15, 0.2) is 29.2 Å². The Kier molecular flexibility index (Phi) is 4.75. The van der Waals surface area contributed by atoms with Gasteiger partial charge in [-0.3, -0.25) is 0 Å². The molecule has 0 aliphatic carbocycles. The van der Waals surface area contributed by atoms with E-state index in [-0.39, 0.29) is 6.10 Å². The van der Waals surface area contributed by atoms with Crippen LogP contribution in [-0.2, 0) is 0 Å². The minimum Gasteiger partial charge on any atom is -0.491 e. The van der Waals surface area contributed by atoms with Gasteiger partial charge in [-0.25, -0.2) is 0 Å². The number of piperidine rings is 1. The molecular formula is C14H21NOS. The predicted octanol–water partition coefficient (Wildman–Crippen LogP) is 3.32. The lowest BCUT2D eigenvalue weighted by Crippen LogP contribution is -2.29. The summed E-state index contributed by atoms with van der Waals surface area (Å²) in [7, 11) is 0. The fourth-order valence-corrected chi connectivity index (χ4v) is 3.12. The smallest absolute Gasteiger partial charge is 0.119 e. The molecule has 0 radical (unpaired) electrons. The minimum absolute atomic E-state index is 0.248. The molecule has 94 valence electrons. The first kappa shape index (κ1) is 12.8. The molecule has 0 saturated carbocycles. The fourth-order valence-electron chi connectivity index (χ4n) is 1.97. The number of hydrogen-bond acceptors (Lipinski definition) is 3. The van der Waals surface area contributed by atoms with Crippen molar-refractivity contribution in [3.05, 3.63) is 24.3 Å². The summed E-state index contributed by atoms with van der Waals surface area (Å²) in [6.45, 7) is 6.42. The minimum atomic E-state index is 0.248. The number of benzene rings is 1. The van der Waals surface area contributed by atoms with E-state index in [0.29, 0.717) is 0 Å². The Morgan fingerprint density at radius 2 is 1.82 bits per heavy atom. The summed E-state index contributed by atoms with van der Waals surface area (Å²) in [5, 5.41) is 4.17. The molecule has 1 saturated heterocycles. The third-order valence-electron chi connectivity index (χ3n) is 2.78. The standard InChI is InChI=1S/C14H21NOS/c1-11(2)16-12-3-5-13(6-4-12)17-14-7-9-15-10-8-14/h3-6,11,14-15H,7-10H2,1-2H3. The van der Waals surface area contributed by atoms with Gasteiger partial charge in [0.15, 0.2) is 0 Å². The first-order valence-electron chi connectivity index (χ1n) is 6.38. The molecule has 0 atom stereocenters. The summed E-state index contributed by atoms with van der Waals surface area (Å²) in [5.74, 6) is 0.967. The number of nitrogens with one attached hydrogen (secondary N) is 1. The number of ether oxygens (including phenoxy) is 1. The first-order valence-corrected chi connectivity index (χ1v) is 7.26. The number of rotatable bonds is 4. The average molecular weight is 251 g/mol. The average Bonchev–Trinajstić information content (AvgIpc) is 2.32. The van der Waals surface area contributed by atoms with Gasteiger partial charge in [0.05, 0.1) is 6.10 Å². The molecule has 17 heavy (non-hydrogen) atoms. The Hall–Kier alpha value is -0.670. The molecule has 1 aromatic carbocycles. The molecule has 1 fully saturated rings. The van der Waals surface area contributed by atoms with Gasteiger partial charge < -0.3 is 10.1 Å². The van der Waals surface area contributed by atoms with E-state index < -0.39 is 0 Å². The molecule has 1 N–H and O–H groups in total. The summed E-state index contributed by atoms with van der Waals surface area (Å²) < 4.78 is 5.64. The van der Waals surface area contributed by atoms with Crippen molar-refractivity contribution in [2.75, 3.05) is 13.1 Å². The van der Waals surface area contributed by atoms with E-state index in [1.807, 2.05) is 11.8 Å². The second-order valence-electron chi connectivity index (χ2n) is 4.71. The highest BCUT2D eigenvalue weighted by molar-refractivity contribution is 8.00. The van der Waals surface area contributed by atoms with Crippen LogP contribution in [0.1, 0.15) is 26.7 Å². The third-order valence-corrected chi connectivity index (χ3v) is 4.13. The highest BCUT2D eigenvalue weighted by Crippen LogP contribution is 2.29. The summed E-state index contributed by atoms with van der Waals surface area (Å²) in [4.78, 5) is 1.35. The molecule has 0 spiro atoms. The van der Waals surface area contributed by atoms with E-state index in [9.17, 15) is 0 Å². The lowest BCUT2D eigenvalue weighted by atomic mass is 10.2. The molecule has 2 nitrogen and oxygen atoms in total. The van der Waals surface area contributed by atoms with E-state index in [1.165, 1.54) is 17.7 Å². The maximum Gasteiger partial charge on any atom is 0.119 e. The fraction of sp³-hybridized carbons (Fsp3) is 0.571. The molecule has 0 amide bonds. The monoisotopic (exact) mass is 251 g/mol. The Labute approximate surface area is 108 Å². The summed E-state index contributed by atoms with van der Waals surface area (Å²) in [6, 6.07) is 8.49. The molecule has 0 unspecified atom stereocenters. The van der Waals surface area contributed by atoms with Crippen molar-refractivity contribution in [1.82, 2.24) is 5.32 Å². The Bertz CT molecular complexity index is 331. The van der Waals surface area contributed by atoms with Crippen LogP contribution in [0.25, 0.3) is 0 Å². The second-order valence-corrected chi connectivity index (χ2v) is 6.08. The molecule has 1 heterocycles. The van der Waals surface area contributed by atoms with E-state index in [0.717, 1.165) is 24.1 Å². The van der Waals surface area contributed by atoms with Crippen LogP contribution in [0.3, 0.4) is 0 Å². The Morgan fingerprint density at radius 3 is 2.41 bits per heavy atom. The Morgan fingerprint density at radius 1 is 1.18 bits per heavy atom. The van der Waals surface area contributed by atoms with Gasteiger partial charge >= 0.3 is 0 Å². The quantitative estimate of drug-likeness (QED) is 0.887. The molecule has 2 rings (SSSR count). The van der Waals surface area contributed by atoms with E-state index >= 15 is 0 Å². The highest BCUT2D eigenvalue weighted by Gasteiger charge is 2.13. The van der Waals surface area contributed by atoms with Crippen molar-refractivity contribution >= 4 is 11.8 Å². The van der Waals surface area contributed by atoms with Gasteiger partial charge in [0, 0.05) is 10.1 Å². The van der Waals surface area contributed by atoms with E-state index in [1.54, 1.807) is 0 Å². The zero-order valence-corrected chi connectivity index (χ0v) is 11.4. The van der Waals surface area contributed by atoms with Gasteiger partial charge in [-0.1, -0.05) is 0 Å². The van der Waals surface area contributed by atoms with Crippen LogP contribution in [-0.4, -0.2) is 24.4 Å². The van der Waals surface area contributed by atoms with Crippen molar-refractivity contribution in [3.8, 4) is 5.75 Å². The molecule has 1 aliphatic rings. The number of thioether (sulfide) groups is 1. The molecule has 0 aromatic heterocycles. The maximum atomic E-state index is 5.64. The van der Waals surface area contributed by atoms with Crippen LogP contribution >= 0.6 is 11.8 Å². The van der Waals surface area contributed by atoms with Crippen LogP contribution in [0, 0.1) is 0 Å². The van der Waals surface area contributed by atoms with Crippen LogP contribution in [0.5, 0.6) is 5.75 Å². The van der Waals surface area contributed by atoms with E-state index in [2.05, 4.69) is 43.4 Å². The molecule has 1 aromatic rings. The first-order chi connectivity index (χ1) is 8.24. The topological polar surface area (TPSA) is 21.3 Å². The number of hydrogen-bond donors (Lipinski definition) is 1. The van der Waals surface area contributed by atoms with Gasteiger partial charge in [0.1, 0.15) is 5.75 Å². The molecule has 3 heteroatoms. The zero-order valence-electron chi connectivity index (χ0n) is 10.6. The summed E-state index contributed by atoms with van der Waals surface area (Å²) in [5.41, 5.74) is 0. The van der Waals surface area contributed by atoms with Crippen molar-refractivity contribution in [2.24, 2.45) is 0 Å². The van der Waals surface area contributed by atoms with Crippen molar-refractivity contribution in [1.29, 1.82) is 0 Å². The van der Waals surface area contributed by atoms with E-state index in [4.69, 9.17) is 4.74 Å². The maximum absolute atomic E-state index is 5.64. The van der Waals surface area contributed by atoms with Crippen LogP contribution < -0.4 is 10.1 Å². The molecular weight excluding hydrogens is 230 g/mol. The van der Waals surface area contributed by atoms with Crippen molar-refractivity contribution < 1.29 is 4.74 Å². The summed E-state index contributed by atoms with van der Waals surface area (Å²) >= 11 is 2.00.